The number of rotatable bonds is 7. The molecule has 1 fully saturated rings. The van der Waals surface area contributed by atoms with E-state index in [1.807, 2.05) is 12.1 Å². The lowest BCUT2D eigenvalue weighted by Crippen LogP contribution is -2.28. The van der Waals surface area contributed by atoms with Gasteiger partial charge in [0.2, 0.25) is 15.9 Å². The summed E-state index contributed by atoms with van der Waals surface area (Å²) >= 11 is 0. The summed E-state index contributed by atoms with van der Waals surface area (Å²) in [7, 11) is -3.62. The number of nitrogens with one attached hydrogen (secondary N) is 2. The highest BCUT2D eigenvalue weighted by molar-refractivity contribution is 7.88. The van der Waals surface area contributed by atoms with Crippen LogP contribution in [-0.2, 0) is 20.6 Å². The van der Waals surface area contributed by atoms with Crippen LogP contribution in [0, 0.1) is 5.92 Å². The normalized spacial score (nSPS) is 15.5. The van der Waals surface area contributed by atoms with Gasteiger partial charge in [-0.2, -0.15) is 0 Å². The third-order valence-electron chi connectivity index (χ3n) is 4.76. The molecule has 4 rings (SSSR count). The van der Waals surface area contributed by atoms with Gasteiger partial charge in [0.25, 0.3) is 0 Å². The highest BCUT2D eigenvalue weighted by atomic mass is 32.2. The van der Waals surface area contributed by atoms with Crippen molar-refractivity contribution in [3.05, 3.63) is 59.8 Å². The van der Waals surface area contributed by atoms with E-state index in [-0.39, 0.29) is 17.6 Å². The predicted molar refractivity (Wildman–Crippen MR) is 106 cm³/mol. The molecule has 7 nitrogen and oxygen atoms in total. The molecular weight excluding hydrogens is 378 g/mol. The fourth-order valence-electron chi connectivity index (χ4n) is 3.05. The summed E-state index contributed by atoms with van der Waals surface area (Å²) in [6, 6.07) is 13.9. The van der Waals surface area contributed by atoms with Gasteiger partial charge in [0.05, 0.1) is 0 Å². The standard InChI is InChI=1S/C20H21N3O4S/c1-13(14-8-10-16(11-9-14)21-20(24)15-6-7-15)23-28(25,26)12-18-17-4-2-3-5-19(17)27-22-18/h2-5,8-11,13,15,23H,6-7,12H2,1H3,(H,21,24)/t13-/m0/s1. The monoisotopic (exact) mass is 399 g/mol. The van der Waals surface area contributed by atoms with Gasteiger partial charge in [-0.15, -0.1) is 0 Å². The van der Waals surface area contributed by atoms with Crippen molar-refractivity contribution in [2.75, 3.05) is 5.32 Å². The van der Waals surface area contributed by atoms with Gasteiger partial charge in [-0.05, 0) is 49.6 Å². The smallest absolute Gasteiger partial charge is 0.227 e. The van der Waals surface area contributed by atoms with E-state index in [1.54, 1.807) is 43.3 Å². The van der Waals surface area contributed by atoms with Gasteiger partial charge in [0, 0.05) is 23.0 Å². The first-order valence-electron chi connectivity index (χ1n) is 9.15. The minimum atomic E-state index is -3.62. The molecule has 1 aliphatic rings. The Morgan fingerprint density at radius 1 is 1.18 bits per heavy atom. The van der Waals surface area contributed by atoms with Crippen LogP contribution in [0.15, 0.2) is 53.1 Å². The van der Waals surface area contributed by atoms with E-state index < -0.39 is 16.1 Å². The van der Waals surface area contributed by atoms with Crippen LogP contribution in [0.25, 0.3) is 11.0 Å². The lowest BCUT2D eigenvalue weighted by Gasteiger charge is -2.15. The summed E-state index contributed by atoms with van der Waals surface area (Å²) in [5.74, 6) is -0.0801. The molecule has 0 aliphatic heterocycles. The number of anilines is 1. The molecule has 0 bridgehead atoms. The van der Waals surface area contributed by atoms with Crippen molar-refractivity contribution in [3.63, 3.8) is 0 Å². The summed E-state index contributed by atoms with van der Waals surface area (Å²) in [6.45, 7) is 1.77. The minimum absolute atomic E-state index is 0.0429. The summed E-state index contributed by atoms with van der Waals surface area (Å²) in [5.41, 5.74) is 2.46. The molecule has 8 heteroatoms. The molecular formula is C20H21N3O4S. The Balaban J connectivity index is 1.41. The van der Waals surface area contributed by atoms with Gasteiger partial charge in [0.1, 0.15) is 11.4 Å². The molecule has 1 heterocycles. The van der Waals surface area contributed by atoms with Crippen LogP contribution in [0.1, 0.15) is 37.1 Å². The quantitative estimate of drug-likeness (QED) is 0.634. The third kappa shape index (κ3) is 4.23. The number of hydrogen-bond acceptors (Lipinski definition) is 5. The zero-order chi connectivity index (χ0) is 19.7. The summed E-state index contributed by atoms with van der Waals surface area (Å²) < 4.78 is 33.0. The van der Waals surface area contributed by atoms with Gasteiger partial charge >= 0.3 is 0 Å². The van der Waals surface area contributed by atoms with Gasteiger partial charge in [-0.25, -0.2) is 13.1 Å². The third-order valence-corrected chi connectivity index (χ3v) is 6.13. The highest BCUT2D eigenvalue weighted by Gasteiger charge is 2.29. The average Bonchev–Trinajstić information content (AvgIpc) is 3.45. The second-order valence-electron chi connectivity index (χ2n) is 7.11. The van der Waals surface area contributed by atoms with E-state index in [0.717, 1.165) is 18.4 Å². The van der Waals surface area contributed by atoms with Crippen LogP contribution in [0.5, 0.6) is 0 Å². The molecule has 146 valence electrons. The Morgan fingerprint density at radius 2 is 1.89 bits per heavy atom. The van der Waals surface area contributed by atoms with Crippen molar-refractivity contribution in [3.8, 4) is 0 Å². The lowest BCUT2D eigenvalue weighted by atomic mass is 10.1. The maximum atomic E-state index is 12.6. The summed E-state index contributed by atoms with van der Waals surface area (Å²) in [6.07, 6.45) is 1.90. The fraction of sp³-hybridized carbons (Fsp3) is 0.300. The number of nitrogens with zero attached hydrogens (tertiary/aromatic N) is 1. The van der Waals surface area contributed by atoms with Crippen molar-refractivity contribution in [1.82, 2.24) is 9.88 Å². The molecule has 2 N–H and O–H groups in total. The molecule has 0 unspecified atom stereocenters. The average molecular weight is 399 g/mol. The largest absolute Gasteiger partial charge is 0.356 e. The van der Waals surface area contributed by atoms with Crippen molar-refractivity contribution in [2.45, 2.75) is 31.6 Å². The van der Waals surface area contributed by atoms with Crippen LogP contribution in [0.3, 0.4) is 0 Å². The van der Waals surface area contributed by atoms with Crippen LogP contribution >= 0.6 is 0 Å². The Kier molecular flexibility index (Phi) is 4.91. The predicted octanol–water partition coefficient (Wildman–Crippen LogP) is 3.36. The minimum Gasteiger partial charge on any atom is -0.356 e. The van der Waals surface area contributed by atoms with Crippen molar-refractivity contribution >= 4 is 32.6 Å². The zero-order valence-corrected chi connectivity index (χ0v) is 16.2. The SMILES string of the molecule is C[C@H](NS(=O)(=O)Cc1noc2ccccc12)c1ccc(NC(=O)C2CC2)cc1. The second-order valence-corrected chi connectivity index (χ2v) is 8.86. The number of fused-ring (bicyclic) bond motifs is 1. The summed E-state index contributed by atoms with van der Waals surface area (Å²) in [5, 5.41) is 7.44. The van der Waals surface area contributed by atoms with E-state index in [4.69, 9.17) is 4.52 Å². The van der Waals surface area contributed by atoms with Crippen molar-refractivity contribution in [2.24, 2.45) is 5.92 Å². The maximum Gasteiger partial charge on any atom is 0.227 e. The zero-order valence-electron chi connectivity index (χ0n) is 15.4. The topological polar surface area (TPSA) is 101 Å². The molecule has 1 amide bonds. The van der Waals surface area contributed by atoms with Gasteiger partial charge < -0.3 is 9.84 Å². The molecule has 2 aromatic carbocycles. The highest BCUT2D eigenvalue weighted by Crippen LogP contribution is 2.30. The molecule has 1 aromatic heterocycles. The van der Waals surface area contributed by atoms with Crippen LogP contribution < -0.4 is 10.0 Å². The lowest BCUT2D eigenvalue weighted by molar-refractivity contribution is -0.117. The van der Waals surface area contributed by atoms with Crippen molar-refractivity contribution in [1.29, 1.82) is 0 Å². The van der Waals surface area contributed by atoms with E-state index >= 15 is 0 Å². The number of hydrogen-bond donors (Lipinski definition) is 2. The maximum absolute atomic E-state index is 12.6. The van der Waals surface area contributed by atoms with Crippen LogP contribution in [0.2, 0.25) is 0 Å². The molecule has 0 radical (unpaired) electrons. The molecule has 28 heavy (non-hydrogen) atoms. The summed E-state index contributed by atoms with van der Waals surface area (Å²) in [4.78, 5) is 11.8. The Morgan fingerprint density at radius 3 is 2.61 bits per heavy atom. The van der Waals surface area contributed by atoms with Gasteiger partial charge in [0.15, 0.2) is 5.58 Å². The number of carbonyl (C=O) groups is 1. The number of benzene rings is 2. The number of aromatic nitrogens is 1. The molecule has 1 atom stereocenters. The number of amides is 1. The van der Waals surface area contributed by atoms with Crippen LogP contribution in [0.4, 0.5) is 5.69 Å². The Hall–Kier alpha value is -2.71. The number of sulfonamides is 1. The first-order chi connectivity index (χ1) is 13.4. The first kappa shape index (κ1) is 18.6. The van der Waals surface area contributed by atoms with E-state index in [0.29, 0.717) is 22.4 Å². The molecule has 0 saturated heterocycles. The Labute approximate surface area is 163 Å². The van der Waals surface area contributed by atoms with E-state index in [2.05, 4.69) is 15.2 Å². The molecule has 1 saturated carbocycles. The van der Waals surface area contributed by atoms with E-state index in [1.165, 1.54) is 0 Å². The van der Waals surface area contributed by atoms with Gasteiger partial charge in [-0.1, -0.05) is 29.4 Å². The molecule has 3 aromatic rings. The Bertz CT molecular complexity index is 1100. The molecule has 1 aliphatic carbocycles. The first-order valence-corrected chi connectivity index (χ1v) is 10.8. The van der Waals surface area contributed by atoms with E-state index in [9.17, 15) is 13.2 Å². The fourth-order valence-corrected chi connectivity index (χ4v) is 4.37. The van der Waals surface area contributed by atoms with Crippen LogP contribution in [-0.4, -0.2) is 19.5 Å². The number of carbonyl (C=O) groups excluding carboxylic acids is 1. The number of para-hydroxylation sites is 1. The van der Waals surface area contributed by atoms with Crippen molar-refractivity contribution < 1.29 is 17.7 Å². The second kappa shape index (κ2) is 7.37. The molecule has 0 spiro atoms. The van der Waals surface area contributed by atoms with Gasteiger partial charge in [-0.3, -0.25) is 4.79 Å².